The van der Waals surface area contributed by atoms with Gasteiger partial charge in [-0.3, -0.25) is 0 Å². The molecular formula is C13H19F2N. The quantitative estimate of drug-likeness (QED) is 0.814. The molecule has 0 amide bonds. The van der Waals surface area contributed by atoms with Gasteiger partial charge >= 0.3 is 0 Å². The standard InChI is InChI=1S/C13H19F2N/c1-4-16-10(3)9(2)5-11-6-12(14)8-13(15)7-11/h6-10,16H,4-5H2,1-3H3. The van der Waals surface area contributed by atoms with E-state index in [0.29, 0.717) is 18.4 Å². The second-order valence-electron chi connectivity index (χ2n) is 4.31. The Hall–Kier alpha value is -0.960. The van der Waals surface area contributed by atoms with E-state index in [0.717, 1.165) is 18.2 Å². The van der Waals surface area contributed by atoms with E-state index in [4.69, 9.17) is 0 Å². The zero-order valence-corrected chi connectivity index (χ0v) is 10.1. The van der Waals surface area contributed by atoms with Crippen LogP contribution in [0.4, 0.5) is 8.78 Å². The minimum absolute atomic E-state index is 0.344. The van der Waals surface area contributed by atoms with E-state index >= 15 is 0 Å². The van der Waals surface area contributed by atoms with Crippen LogP contribution in [0.2, 0.25) is 0 Å². The Labute approximate surface area is 95.9 Å². The molecule has 16 heavy (non-hydrogen) atoms. The summed E-state index contributed by atoms with van der Waals surface area (Å²) in [5.74, 6) is -0.655. The molecular weight excluding hydrogens is 208 g/mol. The topological polar surface area (TPSA) is 12.0 Å². The maximum Gasteiger partial charge on any atom is 0.126 e. The van der Waals surface area contributed by atoms with Crippen molar-refractivity contribution in [3.63, 3.8) is 0 Å². The molecule has 0 aliphatic carbocycles. The molecule has 1 aromatic rings. The molecule has 0 bridgehead atoms. The molecule has 1 nitrogen and oxygen atoms in total. The van der Waals surface area contributed by atoms with Crippen molar-refractivity contribution < 1.29 is 8.78 Å². The lowest BCUT2D eigenvalue weighted by molar-refractivity contribution is 0.405. The van der Waals surface area contributed by atoms with Gasteiger partial charge in [-0.15, -0.1) is 0 Å². The van der Waals surface area contributed by atoms with Gasteiger partial charge in [-0.2, -0.15) is 0 Å². The van der Waals surface area contributed by atoms with Crippen LogP contribution < -0.4 is 5.32 Å². The van der Waals surface area contributed by atoms with Crippen molar-refractivity contribution in [2.24, 2.45) is 5.92 Å². The number of nitrogens with one attached hydrogen (secondary N) is 1. The molecule has 0 aliphatic heterocycles. The molecule has 90 valence electrons. The summed E-state index contributed by atoms with van der Waals surface area (Å²) in [6.45, 7) is 7.12. The van der Waals surface area contributed by atoms with Crippen LogP contribution >= 0.6 is 0 Å². The van der Waals surface area contributed by atoms with E-state index in [-0.39, 0.29) is 0 Å². The van der Waals surface area contributed by atoms with Crippen LogP contribution in [-0.4, -0.2) is 12.6 Å². The lowest BCUT2D eigenvalue weighted by atomic mass is 9.95. The number of hydrogen-bond donors (Lipinski definition) is 1. The van der Waals surface area contributed by atoms with Crippen molar-refractivity contribution in [1.82, 2.24) is 5.32 Å². The Morgan fingerprint density at radius 1 is 1.12 bits per heavy atom. The largest absolute Gasteiger partial charge is 0.314 e. The molecule has 1 N–H and O–H groups in total. The molecule has 0 heterocycles. The van der Waals surface area contributed by atoms with Gasteiger partial charge in [0.2, 0.25) is 0 Å². The molecule has 2 atom stereocenters. The van der Waals surface area contributed by atoms with Gasteiger partial charge in [-0.25, -0.2) is 8.78 Å². The van der Waals surface area contributed by atoms with E-state index in [1.165, 1.54) is 12.1 Å². The van der Waals surface area contributed by atoms with Crippen LogP contribution in [0.1, 0.15) is 26.3 Å². The van der Waals surface area contributed by atoms with Gasteiger partial charge in [-0.1, -0.05) is 13.8 Å². The monoisotopic (exact) mass is 227 g/mol. The summed E-state index contributed by atoms with van der Waals surface area (Å²) in [4.78, 5) is 0. The predicted molar refractivity (Wildman–Crippen MR) is 62.4 cm³/mol. The fourth-order valence-electron chi connectivity index (χ4n) is 1.80. The van der Waals surface area contributed by atoms with Gasteiger partial charge < -0.3 is 5.32 Å². The van der Waals surface area contributed by atoms with Gasteiger partial charge in [0.15, 0.2) is 0 Å². The molecule has 2 unspecified atom stereocenters. The summed E-state index contributed by atoms with van der Waals surface area (Å²) >= 11 is 0. The first-order valence-electron chi connectivity index (χ1n) is 5.71. The Morgan fingerprint density at radius 2 is 1.69 bits per heavy atom. The van der Waals surface area contributed by atoms with E-state index in [1.54, 1.807) is 0 Å². The van der Waals surface area contributed by atoms with Crippen LogP contribution in [0, 0.1) is 17.6 Å². The molecule has 0 saturated heterocycles. The van der Waals surface area contributed by atoms with E-state index in [9.17, 15) is 8.78 Å². The second-order valence-corrected chi connectivity index (χ2v) is 4.31. The van der Waals surface area contributed by atoms with Crippen LogP contribution in [-0.2, 0) is 6.42 Å². The fourth-order valence-corrected chi connectivity index (χ4v) is 1.80. The summed E-state index contributed by atoms with van der Waals surface area (Å²) in [5.41, 5.74) is 0.717. The van der Waals surface area contributed by atoms with Crippen LogP contribution in [0.3, 0.4) is 0 Å². The second kappa shape index (κ2) is 5.94. The Bertz CT molecular complexity index is 318. The summed E-state index contributed by atoms with van der Waals surface area (Å²) < 4.78 is 25.9. The van der Waals surface area contributed by atoms with Crippen molar-refractivity contribution in [1.29, 1.82) is 0 Å². The van der Waals surface area contributed by atoms with Crippen molar-refractivity contribution in [3.8, 4) is 0 Å². The fraction of sp³-hybridized carbons (Fsp3) is 0.538. The normalized spacial score (nSPS) is 14.8. The molecule has 3 heteroatoms. The van der Waals surface area contributed by atoms with Crippen molar-refractivity contribution in [2.45, 2.75) is 33.2 Å². The van der Waals surface area contributed by atoms with E-state index < -0.39 is 11.6 Å². The highest BCUT2D eigenvalue weighted by Crippen LogP contribution is 2.15. The molecule has 0 fully saturated rings. The van der Waals surface area contributed by atoms with Gasteiger partial charge in [-0.05, 0) is 43.5 Å². The average Bonchev–Trinajstić information content (AvgIpc) is 2.16. The first-order valence-corrected chi connectivity index (χ1v) is 5.71. The molecule has 0 aromatic heterocycles. The smallest absolute Gasteiger partial charge is 0.126 e. The molecule has 0 spiro atoms. The first kappa shape index (κ1) is 13.1. The first-order chi connectivity index (χ1) is 7.52. The van der Waals surface area contributed by atoms with Crippen LogP contribution in [0.5, 0.6) is 0 Å². The van der Waals surface area contributed by atoms with Gasteiger partial charge in [0, 0.05) is 12.1 Å². The third kappa shape index (κ3) is 3.89. The number of benzene rings is 1. The van der Waals surface area contributed by atoms with Crippen molar-refractivity contribution >= 4 is 0 Å². The minimum Gasteiger partial charge on any atom is -0.314 e. The summed E-state index contributed by atoms with van der Waals surface area (Å²) in [5, 5.41) is 3.31. The molecule has 1 aromatic carbocycles. The van der Waals surface area contributed by atoms with Crippen LogP contribution in [0.25, 0.3) is 0 Å². The van der Waals surface area contributed by atoms with E-state index in [2.05, 4.69) is 19.2 Å². The maximum atomic E-state index is 13.0. The molecule has 1 rings (SSSR count). The summed E-state index contributed by atoms with van der Waals surface area (Å²) in [7, 11) is 0. The van der Waals surface area contributed by atoms with Crippen molar-refractivity contribution in [2.75, 3.05) is 6.54 Å². The minimum atomic E-state index is -0.502. The highest BCUT2D eigenvalue weighted by molar-refractivity contribution is 5.18. The average molecular weight is 227 g/mol. The summed E-state index contributed by atoms with van der Waals surface area (Å²) in [6.07, 6.45) is 0.683. The molecule has 0 saturated carbocycles. The molecule has 0 aliphatic rings. The highest BCUT2D eigenvalue weighted by Gasteiger charge is 2.12. The Kier molecular flexibility index (Phi) is 4.87. The predicted octanol–water partition coefficient (Wildman–Crippen LogP) is 3.14. The number of halogens is 2. The lowest BCUT2D eigenvalue weighted by Crippen LogP contribution is -2.32. The molecule has 0 radical (unpaired) electrons. The zero-order valence-electron chi connectivity index (χ0n) is 10.1. The maximum absolute atomic E-state index is 13.0. The SMILES string of the molecule is CCNC(C)C(C)Cc1cc(F)cc(F)c1. The number of rotatable bonds is 5. The van der Waals surface area contributed by atoms with Crippen molar-refractivity contribution in [3.05, 3.63) is 35.4 Å². The third-order valence-corrected chi connectivity index (χ3v) is 2.86. The Morgan fingerprint density at radius 3 is 2.19 bits per heavy atom. The number of hydrogen-bond acceptors (Lipinski definition) is 1. The lowest BCUT2D eigenvalue weighted by Gasteiger charge is -2.20. The van der Waals surface area contributed by atoms with Gasteiger partial charge in [0.25, 0.3) is 0 Å². The van der Waals surface area contributed by atoms with Crippen LogP contribution in [0.15, 0.2) is 18.2 Å². The van der Waals surface area contributed by atoms with E-state index in [1.807, 2.05) is 6.92 Å². The third-order valence-electron chi connectivity index (χ3n) is 2.86. The van der Waals surface area contributed by atoms with Gasteiger partial charge in [0.05, 0.1) is 0 Å². The summed E-state index contributed by atoms with van der Waals surface area (Å²) in [6, 6.07) is 4.05. The van der Waals surface area contributed by atoms with Gasteiger partial charge in [0.1, 0.15) is 11.6 Å². The highest BCUT2D eigenvalue weighted by atomic mass is 19.1. The zero-order chi connectivity index (χ0) is 12.1. The Balaban J connectivity index is 2.65.